The molecule has 0 spiro atoms. The van der Waals surface area contributed by atoms with Crippen LogP contribution in [-0.2, 0) is 17.8 Å². The first-order chi connectivity index (χ1) is 10.5. The van der Waals surface area contributed by atoms with E-state index in [1.807, 2.05) is 23.6 Å². The highest BCUT2D eigenvalue weighted by molar-refractivity contribution is 7.16. The van der Waals surface area contributed by atoms with Crippen molar-refractivity contribution in [2.24, 2.45) is 0 Å². The molecule has 0 fully saturated rings. The van der Waals surface area contributed by atoms with Crippen molar-refractivity contribution in [3.8, 4) is 0 Å². The zero-order valence-electron chi connectivity index (χ0n) is 11.8. The smallest absolute Gasteiger partial charge is 0.307 e. The maximum absolute atomic E-state index is 13.6. The Balaban J connectivity index is 2.16. The van der Waals surface area contributed by atoms with Gasteiger partial charge in [-0.15, -0.1) is 11.3 Å². The van der Waals surface area contributed by atoms with E-state index in [0.29, 0.717) is 21.8 Å². The molecule has 22 heavy (non-hydrogen) atoms. The van der Waals surface area contributed by atoms with Gasteiger partial charge in [0.15, 0.2) is 0 Å². The van der Waals surface area contributed by atoms with Crippen molar-refractivity contribution in [3.05, 3.63) is 56.6 Å². The molecule has 0 saturated carbocycles. The van der Waals surface area contributed by atoms with Gasteiger partial charge in [0.1, 0.15) is 5.82 Å². The Labute approximate surface area is 135 Å². The maximum Gasteiger partial charge on any atom is 0.307 e. The predicted octanol–water partition coefficient (Wildman–Crippen LogP) is 4.48. The van der Waals surface area contributed by atoms with E-state index in [2.05, 4.69) is 0 Å². The lowest BCUT2D eigenvalue weighted by Crippen LogP contribution is -2.04. The molecular weight excluding hydrogens is 325 g/mol. The fourth-order valence-corrected chi connectivity index (χ4v) is 3.77. The highest BCUT2D eigenvalue weighted by Crippen LogP contribution is 2.30. The molecule has 0 amide bonds. The Bertz CT molecular complexity index is 869. The van der Waals surface area contributed by atoms with E-state index >= 15 is 0 Å². The lowest BCUT2D eigenvalue weighted by molar-refractivity contribution is -0.136. The van der Waals surface area contributed by atoms with Gasteiger partial charge in [-0.3, -0.25) is 4.79 Å². The molecule has 0 bridgehead atoms. The largest absolute Gasteiger partial charge is 0.481 e. The van der Waals surface area contributed by atoms with Crippen LogP contribution in [0.25, 0.3) is 10.9 Å². The maximum atomic E-state index is 13.6. The van der Waals surface area contributed by atoms with Crippen LogP contribution in [-0.4, -0.2) is 15.6 Å². The molecule has 0 unspecified atom stereocenters. The number of thiophene rings is 1. The number of benzene rings is 1. The molecule has 0 aliphatic rings. The monoisotopic (exact) mass is 337 g/mol. The van der Waals surface area contributed by atoms with Crippen LogP contribution in [0.3, 0.4) is 0 Å². The summed E-state index contributed by atoms with van der Waals surface area (Å²) in [7, 11) is 0. The van der Waals surface area contributed by atoms with Crippen LogP contribution >= 0.6 is 22.9 Å². The number of halogens is 2. The van der Waals surface area contributed by atoms with Gasteiger partial charge >= 0.3 is 5.97 Å². The number of aromatic nitrogens is 1. The van der Waals surface area contributed by atoms with Crippen molar-refractivity contribution in [1.29, 1.82) is 0 Å². The molecule has 3 rings (SSSR count). The second kappa shape index (κ2) is 5.74. The minimum atomic E-state index is -0.925. The standard InChI is InChI=1S/C16H13ClFNO2S/c1-9-12(7-16(20)21)13-6-10(18)2-4-14(13)19(9)8-11-3-5-15(17)22-11/h2-6H,7-8H2,1H3,(H,20,21). The van der Waals surface area contributed by atoms with Gasteiger partial charge in [-0.2, -0.15) is 0 Å². The molecule has 2 heterocycles. The molecule has 0 atom stereocenters. The summed E-state index contributed by atoms with van der Waals surface area (Å²) >= 11 is 7.44. The van der Waals surface area contributed by atoms with Gasteiger partial charge < -0.3 is 9.67 Å². The van der Waals surface area contributed by atoms with Crippen LogP contribution in [0.5, 0.6) is 0 Å². The molecule has 114 valence electrons. The van der Waals surface area contributed by atoms with Crippen molar-refractivity contribution in [1.82, 2.24) is 4.57 Å². The number of hydrogen-bond acceptors (Lipinski definition) is 2. The van der Waals surface area contributed by atoms with Gasteiger partial charge in [0.2, 0.25) is 0 Å². The summed E-state index contributed by atoms with van der Waals surface area (Å²) in [5.41, 5.74) is 2.33. The molecular formula is C16H13ClFNO2S. The first-order valence-corrected chi connectivity index (χ1v) is 7.88. The molecule has 6 heteroatoms. The Hall–Kier alpha value is -1.85. The lowest BCUT2D eigenvalue weighted by Gasteiger charge is -2.07. The number of fused-ring (bicyclic) bond motifs is 1. The first kappa shape index (κ1) is 15.1. The van der Waals surface area contributed by atoms with Gasteiger partial charge in [-0.1, -0.05) is 11.6 Å². The van der Waals surface area contributed by atoms with Crippen LogP contribution in [0, 0.1) is 12.7 Å². The van der Waals surface area contributed by atoms with E-state index in [0.717, 1.165) is 16.1 Å². The minimum Gasteiger partial charge on any atom is -0.481 e. The van der Waals surface area contributed by atoms with Gasteiger partial charge in [0.05, 0.1) is 17.3 Å². The van der Waals surface area contributed by atoms with Crippen LogP contribution in [0.1, 0.15) is 16.1 Å². The van der Waals surface area contributed by atoms with Crippen LogP contribution in [0.4, 0.5) is 4.39 Å². The van der Waals surface area contributed by atoms with Crippen molar-refractivity contribution >= 4 is 39.8 Å². The summed E-state index contributed by atoms with van der Waals surface area (Å²) in [6, 6.07) is 8.26. The number of carboxylic acid groups (broad SMARTS) is 1. The molecule has 1 aromatic carbocycles. The lowest BCUT2D eigenvalue weighted by atomic mass is 10.1. The Morgan fingerprint density at radius 3 is 2.77 bits per heavy atom. The Morgan fingerprint density at radius 1 is 1.36 bits per heavy atom. The zero-order valence-corrected chi connectivity index (χ0v) is 13.3. The van der Waals surface area contributed by atoms with Gasteiger partial charge in [0, 0.05) is 21.5 Å². The third-order valence-electron chi connectivity index (χ3n) is 3.69. The third-order valence-corrected chi connectivity index (χ3v) is 4.90. The summed E-state index contributed by atoms with van der Waals surface area (Å²) in [5, 5.41) is 9.76. The van der Waals surface area contributed by atoms with Crippen LogP contribution < -0.4 is 0 Å². The molecule has 3 aromatic rings. The molecule has 0 radical (unpaired) electrons. The molecule has 3 nitrogen and oxygen atoms in total. The first-order valence-electron chi connectivity index (χ1n) is 6.69. The quantitative estimate of drug-likeness (QED) is 0.762. The molecule has 2 aromatic heterocycles. The van der Waals surface area contributed by atoms with E-state index in [1.54, 1.807) is 6.07 Å². The normalized spacial score (nSPS) is 11.2. The van der Waals surface area contributed by atoms with E-state index in [4.69, 9.17) is 16.7 Å². The Morgan fingerprint density at radius 2 is 2.14 bits per heavy atom. The topological polar surface area (TPSA) is 42.2 Å². The van der Waals surface area contributed by atoms with Gasteiger partial charge in [-0.25, -0.2) is 4.39 Å². The highest BCUT2D eigenvalue weighted by Gasteiger charge is 2.17. The van der Waals surface area contributed by atoms with E-state index in [-0.39, 0.29) is 12.2 Å². The zero-order chi connectivity index (χ0) is 15.9. The van der Waals surface area contributed by atoms with E-state index in [9.17, 15) is 9.18 Å². The van der Waals surface area contributed by atoms with Crippen molar-refractivity contribution in [2.45, 2.75) is 19.9 Å². The summed E-state index contributed by atoms with van der Waals surface area (Å²) in [5.74, 6) is -1.29. The van der Waals surface area contributed by atoms with Gasteiger partial charge in [0.25, 0.3) is 0 Å². The number of carboxylic acids is 1. The summed E-state index contributed by atoms with van der Waals surface area (Å²) < 4.78 is 16.3. The predicted molar refractivity (Wildman–Crippen MR) is 86.4 cm³/mol. The van der Waals surface area contributed by atoms with Crippen molar-refractivity contribution in [3.63, 3.8) is 0 Å². The molecule has 0 aliphatic heterocycles. The van der Waals surface area contributed by atoms with Crippen molar-refractivity contribution in [2.75, 3.05) is 0 Å². The number of hydrogen-bond donors (Lipinski definition) is 1. The average molecular weight is 338 g/mol. The van der Waals surface area contributed by atoms with Crippen molar-refractivity contribution < 1.29 is 14.3 Å². The number of aliphatic carboxylic acids is 1. The average Bonchev–Trinajstić information content (AvgIpc) is 2.96. The third kappa shape index (κ3) is 2.74. The van der Waals surface area contributed by atoms with Crippen LogP contribution in [0.2, 0.25) is 4.34 Å². The number of carbonyl (C=O) groups is 1. The van der Waals surface area contributed by atoms with Crippen LogP contribution in [0.15, 0.2) is 30.3 Å². The fraction of sp³-hybridized carbons (Fsp3) is 0.188. The number of nitrogens with zero attached hydrogens (tertiary/aromatic N) is 1. The second-order valence-electron chi connectivity index (χ2n) is 5.09. The summed E-state index contributed by atoms with van der Waals surface area (Å²) in [4.78, 5) is 12.2. The molecule has 1 N–H and O–H groups in total. The van der Waals surface area contributed by atoms with Gasteiger partial charge in [-0.05, 0) is 42.8 Å². The van der Waals surface area contributed by atoms with E-state index in [1.165, 1.54) is 23.5 Å². The molecule has 0 aliphatic carbocycles. The molecule has 0 saturated heterocycles. The van der Waals surface area contributed by atoms with E-state index < -0.39 is 5.97 Å². The Kier molecular flexibility index (Phi) is 3.93. The second-order valence-corrected chi connectivity index (χ2v) is 6.89. The summed E-state index contributed by atoms with van der Waals surface area (Å²) in [6.45, 7) is 2.45. The SMILES string of the molecule is Cc1c(CC(=O)O)c2cc(F)ccc2n1Cc1ccc(Cl)s1. The highest BCUT2D eigenvalue weighted by atomic mass is 35.5. The fourth-order valence-electron chi connectivity index (χ4n) is 2.69. The number of rotatable bonds is 4. The minimum absolute atomic E-state index is 0.121. The summed E-state index contributed by atoms with van der Waals surface area (Å²) in [6.07, 6.45) is -0.121.